The first-order valence-corrected chi connectivity index (χ1v) is 8.02. The number of amides is 1. The highest BCUT2D eigenvalue weighted by Gasteiger charge is 2.32. The van der Waals surface area contributed by atoms with Crippen molar-refractivity contribution in [2.45, 2.75) is 19.1 Å². The van der Waals surface area contributed by atoms with Crippen LogP contribution in [0.1, 0.15) is 34.6 Å². The van der Waals surface area contributed by atoms with Crippen LogP contribution in [0.5, 0.6) is 0 Å². The molecule has 28 heavy (non-hydrogen) atoms. The summed E-state index contributed by atoms with van der Waals surface area (Å²) in [5, 5.41) is 2.50. The fourth-order valence-electron chi connectivity index (χ4n) is 2.49. The minimum Gasteiger partial charge on any atom is -0.344 e. The molecule has 0 fully saturated rings. The molecule has 0 aliphatic carbocycles. The van der Waals surface area contributed by atoms with E-state index in [9.17, 15) is 22.4 Å². The van der Waals surface area contributed by atoms with Gasteiger partial charge in [-0.15, -0.1) is 0 Å². The van der Waals surface area contributed by atoms with Crippen LogP contribution in [-0.4, -0.2) is 25.8 Å². The molecule has 10 heteroatoms. The minimum absolute atomic E-state index is 0.275. The Morgan fingerprint density at radius 3 is 2.36 bits per heavy atom. The van der Waals surface area contributed by atoms with Gasteiger partial charge >= 0.3 is 6.18 Å². The molecule has 3 aromatic rings. The van der Waals surface area contributed by atoms with Gasteiger partial charge in [0.1, 0.15) is 11.5 Å². The molecule has 0 bridgehead atoms. The van der Waals surface area contributed by atoms with Gasteiger partial charge in [0.2, 0.25) is 0 Å². The number of hydrogen-bond donors (Lipinski definition) is 1. The quantitative estimate of drug-likeness (QED) is 0.688. The van der Waals surface area contributed by atoms with Crippen LogP contribution >= 0.6 is 0 Å². The standard InChI is InChI=1S/C18H13F4N5O/c1-10(14-15(24-6-5-23-14)16-25-3-2-4-26-16)27-17(28)11-7-12(18(20,21)22)9-13(19)8-11/h2-10H,1H3,(H,27,28)/t10-/m1/s1. The van der Waals surface area contributed by atoms with E-state index >= 15 is 0 Å². The first-order chi connectivity index (χ1) is 13.3. The van der Waals surface area contributed by atoms with Gasteiger partial charge in [-0.05, 0) is 31.2 Å². The Hall–Kier alpha value is -3.43. The Bertz CT molecular complexity index is 995. The lowest BCUT2D eigenvalue weighted by atomic mass is 10.1. The number of nitrogens with zero attached hydrogens (tertiary/aromatic N) is 4. The van der Waals surface area contributed by atoms with E-state index in [1.54, 1.807) is 13.0 Å². The Balaban J connectivity index is 1.88. The topological polar surface area (TPSA) is 80.7 Å². The molecular weight excluding hydrogens is 378 g/mol. The van der Waals surface area contributed by atoms with Gasteiger partial charge < -0.3 is 5.32 Å². The highest BCUT2D eigenvalue weighted by atomic mass is 19.4. The van der Waals surface area contributed by atoms with Gasteiger partial charge in [0.15, 0.2) is 5.82 Å². The maximum atomic E-state index is 13.5. The average Bonchev–Trinajstić information content (AvgIpc) is 2.67. The molecule has 0 radical (unpaired) electrons. The Kier molecular flexibility index (Phi) is 5.30. The smallest absolute Gasteiger partial charge is 0.344 e. The van der Waals surface area contributed by atoms with E-state index in [0.717, 1.165) is 6.07 Å². The van der Waals surface area contributed by atoms with Gasteiger partial charge in [0, 0.05) is 30.4 Å². The van der Waals surface area contributed by atoms with E-state index in [-0.39, 0.29) is 5.82 Å². The van der Waals surface area contributed by atoms with Gasteiger partial charge in [-0.2, -0.15) is 13.2 Å². The van der Waals surface area contributed by atoms with Gasteiger partial charge in [0.25, 0.3) is 5.91 Å². The van der Waals surface area contributed by atoms with Crippen LogP contribution in [0.3, 0.4) is 0 Å². The first kappa shape index (κ1) is 19.3. The first-order valence-electron chi connectivity index (χ1n) is 8.02. The van der Waals surface area contributed by atoms with Gasteiger partial charge in [-0.1, -0.05) is 0 Å². The molecule has 3 rings (SSSR count). The molecule has 0 unspecified atom stereocenters. The molecule has 6 nitrogen and oxygen atoms in total. The predicted octanol–water partition coefficient (Wildman–Crippen LogP) is 3.58. The molecule has 1 N–H and O–H groups in total. The zero-order valence-electron chi connectivity index (χ0n) is 14.4. The number of nitrogens with one attached hydrogen (secondary N) is 1. The maximum Gasteiger partial charge on any atom is 0.416 e. The molecule has 2 heterocycles. The summed E-state index contributed by atoms with van der Waals surface area (Å²) in [5.41, 5.74) is -1.08. The third-order valence-electron chi connectivity index (χ3n) is 3.75. The number of aromatic nitrogens is 4. The summed E-state index contributed by atoms with van der Waals surface area (Å²) in [6, 6.07) is 2.51. The number of alkyl halides is 3. The molecule has 144 valence electrons. The van der Waals surface area contributed by atoms with Gasteiger partial charge in [-0.25, -0.2) is 19.3 Å². The van der Waals surface area contributed by atoms with E-state index in [4.69, 9.17) is 0 Å². The van der Waals surface area contributed by atoms with Gasteiger partial charge in [0.05, 0.1) is 17.3 Å². The van der Waals surface area contributed by atoms with Crippen LogP contribution in [-0.2, 0) is 6.18 Å². The molecule has 1 atom stereocenters. The molecule has 1 aromatic carbocycles. The summed E-state index contributed by atoms with van der Waals surface area (Å²) in [6.07, 6.45) is 1.07. The van der Waals surface area contributed by atoms with Crippen molar-refractivity contribution in [3.8, 4) is 11.5 Å². The van der Waals surface area contributed by atoms with Crippen molar-refractivity contribution in [3.63, 3.8) is 0 Å². The molecule has 0 spiro atoms. The van der Waals surface area contributed by atoms with Crippen molar-refractivity contribution in [2.75, 3.05) is 0 Å². The van der Waals surface area contributed by atoms with E-state index in [2.05, 4.69) is 25.3 Å². The van der Waals surface area contributed by atoms with E-state index in [0.29, 0.717) is 23.5 Å². The lowest BCUT2D eigenvalue weighted by Gasteiger charge is -2.16. The minimum atomic E-state index is -4.77. The molecular formula is C18H13F4N5O. The van der Waals surface area contributed by atoms with E-state index < -0.39 is 35.1 Å². The summed E-state index contributed by atoms with van der Waals surface area (Å²) in [6.45, 7) is 1.57. The number of halogens is 4. The van der Waals surface area contributed by atoms with Crippen molar-refractivity contribution < 1.29 is 22.4 Å². The second-order valence-electron chi connectivity index (χ2n) is 5.78. The van der Waals surface area contributed by atoms with Crippen molar-refractivity contribution in [1.82, 2.24) is 25.3 Å². The van der Waals surface area contributed by atoms with Crippen LogP contribution in [0.4, 0.5) is 17.6 Å². The van der Waals surface area contributed by atoms with Crippen molar-refractivity contribution >= 4 is 5.91 Å². The number of benzene rings is 1. The third kappa shape index (κ3) is 4.27. The van der Waals surface area contributed by atoms with Crippen LogP contribution in [0.2, 0.25) is 0 Å². The molecule has 2 aromatic heterocycles. The Labute approximate surface area is 156 Å². The third-order valence-corrected chi connectivity index (χ3v) is 3.75. The summed E-state index contributed by atoms with van der Waals surface area (Å²) >= 11 is 0. The van der Waals surface area contributed by atoms with Crippen LogP contribution in [0, 0.1) is 5.82 Å². The maximum absolute atomic E-state index is 13.5. The lowest BCUT2D eigenvalue weighted by Crippen LogP contribution is -2.28. The number of carbonyl (C=O) groups excluding carboxylic acids is 1. The largest absolute Gasteiger partial charge is 0.416 e. The highest BCUT2D eigenvalue weighted by molar-refractivity contribution is 5.94. The molecule has 0 aliphatic rings. The summed E-state index contributed by atoms with van der Waals surface area (Å²) in [5.74, 6) is -1.77. The van der Waals surface area contributed by atoms with E-state index in [1.165, 1.54) is 24.8 Å². The second-order valence-corrected chi connectivity index (χ2v) is 5.78. The summed E-state index contributed by atoms with van der Waals surface area (Å²) < 4.78 is 52.1. The normalized spacial score (nSPS) is 12.5. The average molecular weight is 391 g/mol. The van der Waals surface area contributed by atoms with Gasteiger partial charge in [-0.3, -0.25) is 9.78 Å². The Morgan fingerprint density at radius 2 is 1.68 bits per heavy atom. The molecule has 0 aliphatic heterocycles. The van der Waals surface area contributed by atoms with Crippen molar-refractivity contribution in [3.05, 3.63) is 71.7 Å². The van der Waals surface area contributed by atoms with Crippen molar-refractivity contribution in [1.29, 1.82) is 0 Å². The zero-order chi connectivity index (χ0) is 20.3. The van der Waals surface area contributed by atoms with Crippen LogP contribution < -0.4 is 5.32 Å². The summed E-state index contributed by atoms with van der Waals surface area (Å²) in [7, 11) is 0. The SMILES string of the molecule is C[C@@H](NC(=O)c1cc(F)cc(C(F)(F)F)c1)c1nccnc1-c1ncccn1. The van der Waals surface area contributed by atoms with Crippen LogP contribution in [0.25, 0.3) is 11.5 Å². The fraction of sp³-hybridized carbons (Fsp3) is 0.167. The Morgan fingerprint density at radius 1 is 1.00 bits per heavy atom. The zero-order valence-corrected chi connectivity index (χ0v) is 14.4. The monoisotopic (exact) mass is 391 g/mol. The van der Waals surface area contributed by atoms with Crippen molar-refractivity contribution in [2.24, 2.45) is 0 Å². The van der Waals surface area contributed by atoms with E-state index in [1.807, 2.05) is 0 Å². The molecule has 0 saturated heterocycles. The summed E-state index contributed by atoms with van der Waals surface area (Å²) in [4.78, 5) is 28.9. The molecule has 1 amide bonds. The lowest BCUT2D eigenvalue weighted by molar-refractivity contribution is -0.137. The number of carbonyl (C=O) groups is 1. The predicted molar refractivity (Wildman–Crippen MR) is 90.3 cm³/mol. The fourth-order valence-corrected chi connectivity index (χ4v) is 2.49. The second kappa shape index (κ2) is 7.67. The number of hydrogen-bond acceptors (Lipinski definition) is 5. The molecule has 0 saturated carbocycles. The highest BCUT2D eigenvalue weighted by Crippen LogP contribution is 2.30. The number of rotatable bonds is 4. The van der Waals surface area contributed by atoms with Crippen LogP contribution in [0.15, 0.2) is 49.1 Å².